The Morgan fingerprint density at radius 3 is 2.69 bits per heavy atom. The molecule has 1 fully saturated rings. The fourth-order valence-corrected chi connectivity index (χ4v) is 6.78. The minimum absolute atomic E-state index is 0.0291. The Hall–Kier alpha value is -2.21. The number of Topliss-reactive ketones (excluding diaryl/α,β-unsaturated/α-hetero) is 1. The Bertz CT molecular complexity index is 1080. The van der Waals surface area contributed by atoms with Crippen LogP contribution in [0.2, 0.25) is 0 Å². The van der Waals surface area contributed by atoms with Gasteiger partial charge in [-0.2, -0.15) is 9.57 Å². The van der Waals surface area contributed by atoms with Crippen molar-refractivity contribution in [2.45, 2.75) is 43.4 Å². The van der Waals surface area contributed by atoms with Crippen LogP contribution in [0.1, 0.15) is 52.0 Å². The lowest BCUT2D eigenvalue weighted by atomic mass is 9.96. The maximum absolute atomic E-state index is 12.7. The van der Waals surface area contributed by atoms with E-state index in [9.17, 15) is 18.5 Å². The van der Waals surface area contributed by atoms with Crippen LogP contribution in [0.4, 0.5) is 5.00 Å². The number of anilines is 1. The first-order valence-electron chi connectivity index (χ1n) is 9.92. The summed E-state index contributed by atoms with van der Waals surface area (Å²) < 4.78 is 27.0. The minimum atomic E-state index is -3.55. The molecule has 2 heterocycles. The van der Waals surface area contributed by atoms with E-state index >= 15 is 0 Å². The number of carbonyl (C=O) groups is 1. The summed E-state index contributed by atoms with van der Waals surface area (Å²) in [5.41, 5.74) is 2.14. The fourth-order valence-electron chi connectivity index (χ4n) is 3.98. The molecule has 1 saturated heterocycles. The third-order valence-electron chi connectivity index (χ3n) is 5.55. The molecule has 29 heavy (non-hydrogen) atoms. The first-order chi connectivity index (χ1) is 14.0. The van der Waals surface area contributed by atoms with Gasteiger partial charge >= 0.3 is 0 Å². The van der Waals surface area contributed by atoms with Gasteiger partial charge in [-0.1, -0.05) is 12.1 Å². The summed E-state index contributed by atoms with van der Waals surface area (Å²) in [6.45, 7) is 1.09. The quantitative estimate of drug-likeness (QED) is 0.709. The molecule has 2 aliphatic rings. The summed E-state index contributed by atoms with van der Waals surface area (Å²) in [4.78, 5) is 14.1. The number of ketones is 1. The summed E-state index contributed by atoms with van der Waals surface area (Å²) in [6.07, 6.45) is 5.87. The molecule has 1 N–H and O–H groups in total. The molecule has 0 amide bonds. The topological polar surface area (TPSA) is 90.3 Å². The number of rotatable bonds is 6. The van der Waals surface area contributed by atoms with Crippen LogP contribution in [0.5, 0.6) is 0 Å². The van der Waals surface area contributed by atoms with Crippen LogP contribution in [0.3, 0.4) is 0 Å². The van der Waals surface area contributed by atoms with Gasteiger partial charge in [0.05, 0.1) is 17.0 Å². The summed E-state index contributed by atoms with van der Waals surface area (Å²) in [5.74, 6) is -0.196. The predicted octanol–water partition coefficient (Wildman–Crippen LogP) is 3.58. The summed E-state index contributed by atoms with van der Waals surface area (Å²) in [5, 5.41) is 13.4. The largest absolute Gasteiger partial charge is 0.368 e. The molecule has 1 aliphatic heterocycles. The average molecular weight is 430 g/mol. The second-order valence-corrected chi connectivity index (χ2v) is 10.5. The van der Waals surface area contributed by atoms with E-state index in [0.29, 0.717) is 24.2 Å². The second kappa shape index (κ2) is 8.27. The highest BCUT2D eigenvalue weighted by molar-refractivity contribution is 7.89. The molecular weight excluding hydrogens is 406 g/mol. The Balaban J connectivity index is 1.50. The molecule has 0 radical (unpaired) electrons. The third-order valence-corrected chi connectivity index (χ3v) is 8.70. The van der Waals surface area contributed by atoms with Gasteiger partial charge in [0.25, 0.3) is 0 Å². The van der Waals surface area contributed by atoms with Gasteiger partial charge in [-0.15, -0.1) is 11.3 Å². The van der Waals surface area contributed by atoms with Crippen molar-refractivity contribution in [3.8, 4) is 6.07 Å². The van der Waals surface area contributed by atoms with Crippen LogP contribution >= 0.6 is 11.3 Å². The number of thiophene rings is 1. The van der Waals surface area contributed by atoms with Crippen molar-refractivity contribution in [3.05, 3.63) is 45.8 Å². The molecule has 1 aromatic carbocycles. The number of aryl methyl sites for hydroxylation is 1. The van der Waals surface area contributed by atoms with Gasteiger partial charge in [0, 0.05) is 23.5 Å². The van der Waals surface area contributed by atoms with E-state index in [1.165, 1.54) is 15.2 Å². The molecule has 0 bridgehead atoms. The number of nitriles is 1. The molecule has 0 atom stereocenters. The summed E-state index contributed by atoms with van der Waals surface area (Å²) in [6, 6.07) is 8.53. The van der Waals surface area contributed by atoms with E-state index in [-0.39, 0.29) is 17.2 Å². The highest BCUT2D eigenvalue weighted by Crippen LogP contribution is 2.37. The minimum Gasteiger partial charge on any atom is -0.368 e. The van der Waals surface area contributed by atoms with Gasteiger partial charge in [-0.25, -0.2) is 8.42 Å². The van der Waals surface area contributed by atoms with Crippen molar-refractivity contribution in [2.24, 2.45) is 0 Å². The van der Waals surface area contributed by atoms with Crippen molar-refractivity contribution in [3.63, 3.8) is 0 Å². The van der Waals surface area contributed by atoms with Gasteiger partial charge in [0.1, 0.15) is 11.1 Å². The number of hydrogen-bond acceptors (Lipinski definition) is 6. The number of hydrogen-bond donors (Lipinski definition) is 1. The van der Waals surface area contributed by atoms with Crippen molar-refractivity contribution < 1.29 is 13.2 Å². The Kier molecular flexibility index (Phi) is 5.72. The standard InChI is InChI=1S/C21H23N3O3S2/c22-13-18-17-8-1-2-9-20(17)28-21(18)23-14-19(25)15-6-5-7-16(12-15)29(26,27)24-10-3-4-11-24/h5-7,12,23H,1-4,8-11,14H2. The third kappa shape index (κ3) is 3.95. The van der Waals surface area contributed by atoms with E-state index in [4.69, 9.17) is 0 Å². The van der Waals surface area contributed by atoms with E-state index in [1.54, 1.807) is 29.5 Å². The zero-order valence-electron chi connectivity index (χ0n) is 16.1. The lowest BCUT2D eigenvalue weighted by Crippen LogP contribution is -2.28. The van der Waals surface area contributed by atoms with E-state index in [1.807, 2.05) is 0 Å². The molecular formula is C21H23N3O3S2. The number of carbonyl (C=O) groups excluding carboxylic acids is 1. The second-order valence-electron chi connectivity index (χ2n) is 7.44. The normalized spacial score (nSPS) is 16.9. The maximum atomic E-state index is 12.7. The predicted molar refractivity (Wildman–Crippen MR) is 113 cm³/mol. The fraction of sp³-hybridized carbons (Fsp3) is 0.429. The van der Waals surface area contributed by atoms with Crippen LogP contribution in [0.15, 0.2) is 29.2 Å². The first kappa shape index (κ1) is 20.1. The van der Waals surface area contributed by atoms with Gasteiger partial charge in [0.15, 0.2) is 5.78 Å². The Labute approximate surface area is 175 Å². The van der Waals surface area contributed by atoms with E-state index in [2.05, 4.69) is 11.4 Å². The highest BCUT2D eigenvalue weighted by Gasteiger charge is 2.27. The molecule has 2 aromatic rings. The molecule has 1 aromatic heterocycles. The van der Waals surface area contributed by atoms with Crippen LogP contribution in [0.25, 0.3) is 0 Å². The van der Waals surface area contributed by atoms with Crippen LogP contribution in [-0.2, 0) is 22.9 Å². The van der Waals surface area contributed by atoms with Crippen molar-refractivity contribution >= 4 is 32.1 Å². The molecule has 6 nitrogen and oxygen atoms in total. The van der Waals surface area contributed by atoms with Gasteiger partial charge in [-0.05, 0) is 56.2 Å². The lowest BCUT2D eigenvalue weighted by Gasteiger charge is -2.16. The molecule has 4 rings (SSSR count). The number of sulfonamides is 1. The number of fused-ring (bicyclic) bond motifs is 1. The maximum Gasteiger partial charge on any atom is 0.243 e. The van der Waals surface area contributed by atoms with E-state index < -0.39 is 10.0 Å². The number of nitrogens with zero attached hydrogens (tertiary/aromatic N) is 2. The van der Waals surface area contributed by atoms with Crippen LogP contribution < -0.4 is 5.32 Å². The first-order valence-corrected chi connectivity index (χ1v) is 12.2. The molecule has 1 aliphatic carbocycles. The molecule has 0 unspecified atom stereocenters. The zero-order valence-corrected chi connectivity index (χ0v) is 17.7. The van der Waals surface area contributed by atoms with Crippen molar-refractivity contribution in [2.75, 3.05) is 25.0 Å². The van der Waals surface area contributed by atoms with Crippen LogP contribution in [0, 0.1) is 11.3 Å². The van der Waals surface area contributed by atoms with Crippen LogP contribution in [-0.4, -0.2) is 38.1 Å². The number of benzene rings is 1. The highest BCUT2D eigenvalue weighted by atomic mass is 32.2. The number of nitrogens with one attached hydrogen (secondary N) is 1. The molecule has 8 heteroatoms. The molecule has 0 spiro atoms. The SMILES string of the molecule is N#Cc1c(NCC(=O)c2cccc(S(=O)(=O)N3CCCC3)c2)sc2c1CCCC2. The zero-order chi connectivity index (χ0) is 20.4. The van der Waals surface area contributed by atoms with E-state index in [0.717, 1.165) is 49.1 Å². The smallest absolute Gasteiger partial charge is 0.243 e. The lowest BCUT2D eigenvalue weighted by molar-refractivity contribution is 0.101. The Morgan fingerprint density at radius 1 is 1.17 bits per heavy atom. The van der Waals surface area contributed by atoms with Crippen molar-refractivity contribution in [1.82, 2.24) is 4.31 Å². The van der Waals surface area contributed by atoms with Gasteiger partial charge < -0.3 is 5.32 Å². The molecule has 152 valence electrons. The summed E-state index contributed by atoms with van der Waals surface area (Å²) in [7, 11) is -3.55. The average Bonchev–Trinajstić information content (AvgIpc) is 3.40. The Morgan fingerprint density at radius 2 is 1.93 bits per heavy atom. The van der Waals surface area contributed by atoms with Gasteiger partial charge in [-0.3, -0.25) is 4.79 Å². The van der Waals surface area contributed by atoms with Gasteiger partial charge in [0.2, 0.25) is 10.0 Å². The monoisotopic (exact) mass is 429 g/mol. The van der Waals surface area contributed by atoms with Crippen molar-refractivity contribution in [1.29, 1.82) is 5.26 Å². The molecule has 0 saturated carbocycles. The summed E-state index contributed by atoms with van der Waals surface area (Å²) >= 11 is 1.56.